The molecule has 1 aromatic heterocycles. The molecule has 2 N–H and O–H groups in total. The monoisotopic (exact) mass is 382 g/mol. The molecule has 3 aromatic rings. The summed E-state index contributed by atoms with van der Waals surface area (Å²) in [4.78, 5) is 11.6. The summed E-state index contributed by atoms with van der Waals surface area (Å²) in [6, 6.07) is 9.04. The van der Waals surface area contributed by atoms with Crippen LogP contribution in [0.5, 0.6) is 11.5 Å². The van der Waals surface area contributed by atoms with Gasteiger partial charge in [-0.05, 0) is 41.8 Å². The zero-order valence-electron chi connectivity index (χ0n) is 14.9. The van der Waals surface area contributed by atoms with E-state index in [1.807, 2.05) is 31.2 Å². The van der Waals surface area contributed by atoms with Gasteiger partial charge in [0.2, 0.25) is 5.91 Å². The minimum Gasteiger partial charge on any atom is -0.507 e. The molecule has 0 bridgehead atoms. The molecule has 0 saturated carbocycles. The number of carbonyl (C=O) groups is 1. The molecular weight excluding hydrogens is 364 g/mol. The van der Waals surface area contributed by atoms with Crippen molar-refractivity contribution in [1.82, 2.24) is 14.8 Å². The quantitative estimate of drug-likeness (QED) is 0.604. The number of phenols is 1. The molecule has 1 amide bonds. The van der Waals surface area contributed by atoms with Gasteiger partial charge in [0, 0.05) is 11.8 Å². The van der Waals surface area contributed by atoms with Crippen LogP contribution in [-0.2, 0) is 17.6 Å². The number of nitrogens with zero attached hydrogens (tertiary/aromatic N) is 3. The number of phenolic OH excluding ortho intramolecular Hbond substituents is 1. The maximum atomic E-state index is 11.6. The molecule has 8 heteroatoms. The Balaban J connectivity index is 1.87. The number of ether oxygens (including phenoxy) is 1. The van der Waals surface area contributed by atoms with E-state index in [0.717, 1.165) is 28.9 Å². The van der Waals surface area contributed by atoms with Gasteiger partial charge >= 0.3 is 0 Å². The molecule has 2 heterocycles. The van der Waals surface area contributed by atoms with Gasteiger partial charge in [-0.25, -0.2) is 0 Å². The van der Waals surface area contributed by atoms with E-state index in [9.17, 15) is 9.90 Å². The van der Waals surface area contributed by atoms with E-state index < -0.39 is 0 Å². The highest BCUT2D eigenvalue weighted by molar-refractivity contribution is 7.80. The average molecular weight is 382 g/mol. The number of aromatic hydroxyl groups is 1. The van der Waals surface area contributed by atoms with Crippen LogP contribution in [0.4, 0.5) is 5.69 Å². The number of aryl methyl sites for hydroxylation is 1. The summed E-state index contributed by atoms with van der Waals surface area (Å²) >= 11 is 4.43. The number of aromatic nitrogens is 3. The number of carbonyl (C=O) groups excluding carboxylic acids is 1. The van der Waals surface area contributed by atoms with Gasteiger partial charge in [-0.15, -0.1) is 22.8 Å². The molecule has 1 aliphatic rings. The number of thiol groups is 1. The van der Waals surface area contributed by atoms with Crippen LogP contribution in [0.25, 0.3) is 17.1 Å². The maximum Gasteiger partial charge on any atom is 0.228 e. The number of benzene rings is 2. The molecule has 7 nitrogen and oxygen atoms in total. The minimum atomic E-state index is -0.0300. The summed E-state index contributed by atoms with van der Waals surface area (Å²) in [5.74, 6) is 1.10. The number of amides is 1. The Kier molecular flexibility index (Phi) is 4.27. The smallest absolute Gasteiger partial charge is 0.228 e. The number of fused-ring (bicyclic) bond motifs is 1. The van der Waals surface area contributed by atoms with Crippen LogP contribution in [0, 0.1) is 0 Å². The molecule has 2 aromatic carbocycles. The summed E-state index contributed by atoms with van der Waals surface area (Å²) in [5, 5.41) is 22.0. The van der Waals surface area contributed by atoms with Crippen LogP contribution in [0.2, 0.25) is 0 Å². The molecule has 0 unspecified atom stereocenters. The molecular formula is C19H18N4O3S. The van der Waals surface area contributed by atoms with Gasteiger partial charge in [0.25, 0.3) is 0 Å². The van der Waals surface area contributed by atoms with Crippen LogP contribution < -0.4 is 10.1 Å². The van der Waals surface area contributed by atoms with Crippen molar-refractivity contribution in [3.05, 3.63) is 41.5 Å². The van der Waals surface area contributed by atoms with Crippen molar-refractivity contribution in [3.8, 4) is 28.6 Å². The third-order valence-corrected chi connectivity index (χ3v) is 4.93. The van der Waals surface area contributed by atoms with E-state index in [2.05, 4.69) is 28.1 Å². The van der Waals surface area contributed by atoms with Gasteiger partial charge in [-0.3, -0.25) is 9.36 Å². The second-order valence-electron chi connectivity index (χ2n) is 6.26. The zero-order chi connectivity index (χ0) is 19.1. The van der Waals surface area contributed by atoms with Gasteiger partial charge < -0.3 is 15.2 Å². The van der Waals surface area contributed by atoms with Crippen LogP contribution >= 0.6 is 12.6 Å². The van der Waals surface area contributed by atoms with Crippen LogP contribution in [0.15, 0.2) is 35.5 Å². The number of anilines is 1. The average Bonchev–Trinajstić information content (AvgIpc) is 3.22. The van der Waals surface area contributed by atoms with Crippen molar-refractivity contribution in [1.29, 1.82) is 0 Å². The molecule has 0 spiro atoms. The fourth-order valence-corrected chi connectivity index (χ4v) is 3.56. The number of nitrogens with one attached hydrogen (secondary N) is 1. The Morgan fingerprint density at radius 1 is 1.30 bits per heavy atom. The molecule has 138 valence electrons. The van der Waals surface area contributed by atoms with Gasteiger partial charge in [0.1, 0.15) is 11.5 Å². The van der Waals surface area contributed by atoms with E-state index in [0.29, 0.717) is 28.7 Å². The summed E-state index contributed by atoms with van der Waals surface area (Å²) < 4.78 is 7.07. The number of hydrogen-bond donors (Lipinski definition) is 3. The predicted molar refractivity (Wildman–Crippen MR) is 104 cm³/mol. The minimum absolute atomic E-state index is 0.0300. The Hall–Kier alpha value is -3.00. The first-order valence-corrected chi connectivity index (χ1v) is 8.94. The van der Waals surface area contributed by atoms with Crippen molar-refractivity contribution >= 4 is 24.2 Å². The molecule has 0 radical (unpaired) electrons. The number of hydrogen-bond acceptors (Lipinski definition) is 6. The summed E-state index contributed by atoms with van der Waals surface area (Å²) in [6.07, 6.45) is 1.07. The molecule has 1 aliphatic heterocycles. The van der Waals surface area contributed by atoms with E-state index in [4.69, 9.17) is 4.74 Å². The SMILES string of the molecule is CCc1cc(-c2nnc(S)n2-c2ccc3c(c2)CC(=O)N3)c(O)cc1OC. The third kappa shape index (κ3) is 2.91. The van der Waals surface area contributed by atoms with Crippen LogP contribution in [-0.4, -0.2) is 32.9 Å². The third-order valence-electron chi connectivity index (χ3n) is 4.64. The Morgan fingerprint density at radius 2 is 2.11 bits per heavy atom. The zero-order valence-corrected chi connectivity index (χ0v) is 15.7. The molecule has 0 saturated heterocycles. The normalized spacial score (nSPS) is 12.8. The van der Waals surface area contributed by atoms with Crippen molar-refractivity contribution in [3.63, 3.8) is 0 Å². The summed E-state index contributed by atoms with van der Waals surface area (Å²) in [5.41, 5.74) is 3.96. The maximum absolute atomic E-state index is 11.6. The van der Waals surface area contributed by atoms with Gasteiger partial charge in [-0.1, -0.05) is 6.92 Å². The lowest BCUT2D eigenvalue weighted by atomic mass is 10.1. The summed E-state index contributed by atoms with van der Waals surface area (Å²) in [6.45, 7) is 2.01. The number of methoxy groups -OCH3 is 1. The second kappa shape index (κ2) is 6.62. The molecule has 0 fully saturated rings. The second-order valence-corrected chi connectivity index (χ2v) is 6.66. The van der Waals surface area contributed by atoms with Gasteiger partial charge in [0.15, 0.2) is 11.0 Å². The van der Waals surface area contributed by atoms with E-state index in [1.54, 1.807) is 17.7 Å². The van der Waals surface area contributed by atoms with E-state index in [-0.39, 0.29) is 11.7 Å². The van der Waals surface area contributed by atoms with Crippen molar-refractivity contribution in [2.75, 3.05) is 12.4 Å². The standard InChI is InChI=1S/C19H18N4O3S/c1-3-10-7-13(15(24)9-16(10)26-2)18-21-22-19(27)23(18)12-4-5-14-11(6-12)8-17(25)20-14/h4-7,9,24H,3,8H2,1-2H3,(H,20,25)(H,22,27). The molecule has 0 aliphatic carbocycles. The highest BCUT2D eigenvalue weighted by Crippen LogP contribution is 2.37. The largest absolute Gasteiger partial charge is 0.507 e. The van der Waals surface area contributed by atoms with E-state index >= 15 is 0 Å². The topological polar surface area (TPSA) is 89.3 Å². The highest BCUT2D eigenvalue weighted by Gasteiger charge is 2.22. The van der Waals surface area contributed by atoms with Gasteiger partial charge in [0.05, 0.1) is 24.8 Å². The highest BCUT2D eigenvalue weighted by atomic mass is 32.1. The lowest BCUT2D eigenvalue weighted by molar-refractivity contribution is -0.115. The van der Waals surface area contributed by atoms with Gasteiger partial charge in [-0.2, -0.15) is 0 Å². The Bertz CT molecular complexity index is 1060. The lowest BCUT2D eigenvalue weighted by Crippen LogP contribution is -2.03. The van der Waals surface area contributed by atoms with Crippen molar-refractivity contribution in [2.24, 2.45) is 0 Å². The fourth-order valence-electron chi connectivity index (χ4n) is 3.30. The Morgan fingerprint density at radius 3 is 2.85 bits per heavy atom. The first-order valence-electron chi connectivity index (χ1n) is 8.49. The van der Waals surface area contributed by atoms with Crippen LogP contribution in [0.3, 0.4) is 0 Å². The van der Waals surface area contributed by atoms with Crippen molar-refractivity contribution < 1.29 is 14.6 Å². The number of rotatable bonds is 4. The predicted octanol–water partition coefficient (Wildman–Crippen LogP) is 2.99. The van der Waals surface area contributed by atoms with Crippen molar-refractivity contribution in [2.45, 2.75) is 24.9 Å². The molecule has 0 atom stereocenters. The first kappa shape index (κ1) is 17.4. The lowest BCUT2D eigenvalue weighted by Gasteiger charge is -2.13. The Labute approximate surface area is 161 Å². The van der Waals surface area contributed by atoms with E-state index in [1.165, 1.54) is 0 Å². The molecule has 4 rings (SSSR count). The van der Waals surface area contributed by atoms with Crippen LogP contribution in [0.1, 0.15) is 18.1 Å². The summed E-state index contributed by atoms with van der Waals surface area (Å²) in [7, 11) is 1.57. The fraction of sp³-hybridized carbons (Fsp3) is 0.211. The first-order chi connectivity index (χ1) is 13.0. The molecule has 27 heavy (non-hydrogen) atoms.